The van der Waals surface area contributed by atoms with E-state index in [0.29, 0.717) is 6.61 Å². The van der Waals surface area contributed by atoms with Crippen LogP contribution in [0.25, 0.3) is 0 Å². The number of nitrogens with one attached hydrogen (secondary N) is 1. The molecule has 0 aromatic heterocycles. The number of hydrogen-bond acceptors (Lipinski definition) is 5. The van der Waals surface area contributed by atoms with E-state index in [2.05, 4.69) is 27.8 Å². The van der Waals surface area contributed by atoms with Gasteiger partial charge in [0.15, 0.2) is 0 Å². The molecule has 0 radical (unpaired) electrons. The minimum Gasteiger partial charge on any atom is -0.497 e. The number of rotatable bonds is 7. The molecule has 1 unspecified atom stereocenters. The van der Waals surface area contributed by atoms with Gasteiger partial charge < -0.3 is 9.47 Å². The van der Waals surface area contributed by atoms with Crippen LogP contribution in [0.5, 0.6) is 5.75 Å². The molecular formula is C21H28N2O4S. The lowest BCUT2D eigenvalue weighted by Gasteiger charge is -2.33. The summed E-state index contributed by atoms with van der Waals surface area (Å²) >= 11 is 0. The Kier molecular flexibility index (Phi) is 6.72. The third-order valence-corrected chi connectivity index (χ3v) is 5.67. The summed E-state index contributed by atoms with van der Waals surface area (Å²) in [6, 6.07) is 15.9. The molecule has 2 aromatic carbocycles. The van der Waals surface area contributed by atoms with E-state index in [1.807, 2.05) is 37.3 Å². The molecule has 1 heterocycles. The Morgan fingerprint density at radius 1 is 1.25 bits per heavy atom. The first kappa shape index (κ1) is 20.8. The standard InChI is InChI=1S/C21H28N2O4S/c1-16(22-28(3,24)25)18-9-7-17(8-10-18)14-23-11-12-27-21(15-23)19-5-4-6-20(13-19)26-2/h4-10,13,16,21-22H,11-12,14-15H2,1-3H3/t16-,21?/m1/s1. The van der Waals surface area contributed by atoms with Crippen molar-refractivity contribution in [2.45, 2.75) is 25.6 Å². The van der Waals surface area contributed by atoms with E-state index in [9.17, 15) is 8.42 Å². The van der Waals surface area contributed by atoms with Gasteiger partial charge in [-0.05, 0) is 35.7 Å². The zero-order valence-corrected chi connectivity index (χ0v) is 17.4. The van der Waals surface area contributed by atoms with E-state index >= 15 is 0 Å². The van der Waals surface area contributed by atoms with Crippen LogP contribution in [0, 0.1) is 0 Å². The summed E-state index contributed by atoms with van der Waals surface area (Å²) in [5.74, 6) is 0.839. The largest absolute Gasteiger partial charge is 0.497 e. The number of ether oxygens (including phenoxy) is 2. The number of nitrogens with zero attached hydrogens (tertiary/aromatic N) is 1. The van der Waals surface area contributed by atoms with Gasteiger partial charge in [-0.15, -0.1) is 0 Å². The molecule has 1 fully saturated rings. The number of methoxy groups -OCH3 is 1. The van der Waals surface area contributed by atoms with Gasteiger partial charge in [-0.25, -0.2) is 13.1 Å². The predicted molar refractivity (Wildman–Crippen MR) is 110 cm³/mol. The van der Waals surface area contributed by atoms with Crippen LogP contribution in [0.3, 0.4) is 0 Å². The van der Waals surface area contributed by atoms with Crippen LogP contribution >= 0.6 is 0 Å². The molecule has 0 saturated carbocycles. The molecule has 6 nitrogen and oxygen atoms in total. The van der Waals surface area contributed by atoms with Crippen LogP contribution in [0.4, 0.5) is 0 Å². The summed E-state index contributed by atoms with van der Waals surface area (Å²) in [6.07, 6.45) is 1.21. The van der Waals surface area contributed by atoms with Crippen LogP contribution < -0.4 is 9.46 Å². The van der Waals surface area contributed by atoms with E-state index in [1.54, 1.807) is 7.11 Å². The van der Waals surface area contributed by atoms with Crippen LogP contribution in [0.15, 0.2) is 48.5 Å². The van der Waals surface area contributed by atoms with Gasteiger partial charge in [-0.3, -0.25) is 4.90 Å². The fourth-order valence-corrected chi connectivity index (χ4v) is 4.23. The van der Waals surface area contributed by atoms with Crippen molar-refractivity contribution in [2.24, 2.45) is 0 Å². The molecule has 1 aliphatic heterocycles. The third kappa shape index (κ3) is 5.78. The van der Waals surface area contributed by atoms with Crippen LogP contribution in [0.2, 0.25) is 0 Å². The molecule has 2 aromatic rings. The molecule has 2 atom stereocenters. The molecule has 7 heteroatoms. The maximum absolute atomic E-state index is 11.4. The molecule has 28 heavy (non-hydrogen) atoms. The third-order valence-electron chi connectivity index (χ3n) is 4.89. The molecule has 3 rings (SSSR count). The second-order valence-corrected chi connectivity index (χ2v) is 9.00. The Labute approximate surface area is 167 Å². The first-order valence-corrected chi connectivity index (χ1v) is 11.3. The zero-order chi connectivity index (χ0) is 20.1. The Morgan fingerprint density at radius 2 is 2.00 bits per heavy atom. The lowest BCUT2D eigenvalue weighted by molar-refractivity contribution is -0.0330. The molecule has 1 N–H and O–H groups in total. The van der Waals surface area contributed by atoms with Crippen molar-refractivity contribution in [1.82, 2.24) is 9.62 Å². The van der Waals surface area contributed by atoms with E-state index in [4.69, 9.17) is 9.47 Å². The van der Waals surface area contributed by atoms with E-state index in [0.717, 1.165) is 36.5 Å². The molecule has 1 aliphatic rings. The van der Waals surface area contributed by atoms with Crippen molar-refractivity contribution in [3.8, 4) is 5.75 Å². The Bertz CT molecular complexity index is 884. The maximum atomic E-state index is 11.4. The van der Waals surface area contributed by atoms with Gasteiger partial charge in [-0.2, -0.15) is 0 Å². The molecule has 1 saturated heterocycles. The highest BCUT2D eigenvalue weighted by Crippen LogP contribution is 2.26. The molecule has 0 spiro atoms. The average molecular weight is 405 g/mol. The Morgan fingerprint density at radius 3 is 2.68 bits per heavy atom. The van der Waals surface area contributed by atoms with Crippen LogP contribution in [-0.4, -0.2) is 46.4 Å². The number of morpholine rings is 1. The maximum Gasteiger partial charge on any atom is 0.209 e. The first-order valence-electron chi connectivity index (χ1n) is 9.38. The Hall–Kier alpha value is -1.93. The highest BCUT2D eigenvalue weighted by atomic mass is 32.2. The van der Waals surface area contributed by atoms with Gasteiger partial charge in [0.25, 0.3) is 0 Å². The van der Waals surface area contributed by atoms with E-state index < -0.39 is 10.0 Å². The minimum absolute atomic E-state index is 0.0297. The number of benzene rings is 2. The lowest BCUT2D eigenvalue weighted by atomic mass is 10.0. The van der Waals surface area contributed by atoms with Crippen molar-refractivity contribution in [3.05, 3.63) is 65.2 Å². The molecule has 0 amide bonds. The van der Waals surface area contributed by atoms with E-state index in [-0.39, 0.29) is 12.1 Å². The molecule has 0 bridgehead atoms. The van der Waals surface area contributed by atoms with E-state index in [1.165, 1.54) is 11.8 Å². The topological polar surface area (TPSA) is 67.9 Å². The average Bonchev–Trinajstić information content (AvgIpc) is 2.67. The summed E-state index contributed by atoms with van der Waals surface area (Å²) in [5, 5.41) is 0. The zero-order valence-electron chi connectivity index (χ0n) is 16.6. The van der Waals surface area contributed by atoms with Crippen molar-refractivity contribution in [2.75, 3.05) is 33.1 Å². The minimum atomic E-state index is -3.22. The van der Waals surface area contributed by atoms with Gasteiger partial charge >= 0.3 is 0 Å². The first-order chi connectivity index (χ1) is 13.3. The van der Waals surface area contributed by atoms with Gasteiger partial charge in [-0.1, -0.05) is 36.4 Å². The SMILES string of the molecule is COc1cccc(C2CN(Cc3ccc([C@@H](C)NS(C)(=O)=O)cc3)CCO2)c1. The monoisotopic (exact) mass is 404 g/mol. The second kappa shape index (κ2) is 9.05. The molecule has 0 aliphatic carbocycles. The fourth-order valence-electron chi connectivity index (χ4n) is 3.45. The van der Waals surface area contributed by atoms with Gasteiger partial charge in [0.2, 0.25) is 10.0 Å². The van der Waals surface area contributed by atoms with Gasteiger partial charge in [0, 0.05) is 25.7 Å². The van der Waals surface area contributed by atoms with Crippen molar-refractivity contribution < 1.29 is 17.9 Å². The van der Waals surface area contributed by atoms with Crippen LogP contribution in [-0.2, 0) is 21.3 Å². The fraction of sp³-hybridized carbons (Fsp3) is 0.429. The smallest absolute Gasteiger partial charge is 0.209 e. The summed E-state index contributed by atoms with van der Waals surface area (Å²) < 4.78 is 36.7. The quantitative estimate of drug-likeness (QED) is 0.769. The Balaban J connectivity index is 1.61. The summed E-state index contributed by atoms with van der Waals surface area (Å²) in [4.78, 5) is 2.38. The molecular weight excluding hydrogens is 376 g/mol. The molecule has 152 valence electrons. The normalized spacial score (nSPS) is 19.3. The summed E-state index contributed by atoms with van der Waals surface area (Å²) in [5.41, 5.74) is 3.27. The van der Waals surface area contributed by atoms with Gasteiger partial charge in [0.1, 0.15) is 5.75 Å². The highest BCUT2D eigenvalue weighted by Gasteiger charge is 2.22. The summed E-state index contributed by atoms with van der Waals surface area (Å²) in [6.45, 7) is 5.07. The summed E-state index contributed by atoms with van der Waals surface area (Å²) in [7, 11) is -1.55. The lowest BCUT2D eigenvalue weighted by Crippen LogP contribution is -2.37. The predicted octanol–water partition coefficient (Wildman–Crippen LogP) is 2.88. The van der Waals surface area contributed by atoms with Crippen LogP contribution in [0.1, 0.15) is 35.8 Å². The number of hydrogen-bond donors (Lipinski definition) is 1. The van der Waals surface area contributed by atoms with Gasteiger partial charge in [0.05, 0.1) is 26.1 Å². The van der Waals surface area contributed by atoms with Crippen molar-refractivity contribution >= 4 is 10.0 Å². The second-order valence-electron chi connectivity index (χ2n) is 7.22. The number of sulfonamides is 1. The van der Waals surface area contributed by atoms with Crippen molar-refractivity contribution in [1.29, 1.82) is 0 Å². The highest BCUT2D eigenvalue weighted by molar-refractivity contribution is 7.88. The van der Waals surface area contributed by atoms with Crippen molar-refractivity contribution in [3.63, 3.8) is 0 Å².